The zero-order chi connectivity index (χ0) is 20.3. The molecule has 8 heteroatoms. The van der Waals surface area contributed by atoms with Gasteiger partial charge in [-0.05, 0) is 29.8 Å². The fourth-order valence-corrected chi connectivity index (χ4v) is 3.14. The minimum Gasteiger partial charge on any atom is -0.467 e. The maximum absolute atomic E-state index is 12.5. The van der Waals surface area contributed by atoms with Gasteiger partial charge in [-0.1, -0.05) is 12.1 Å². The van der Waals surface area contributed by atoms with Crippen LogP contribution in [-0.2, 0) is 35.0 Å². The van der Waals surface area contributed by atoms with Crippen LogP contribution in [0.25, 0.3) is 0 Å². The molecule has 0 amide bonds. The molecule has 3 rings (SSSR count). The summed E-state index contributed by atoms with van der Waals surface area (Å²) in [6.07, 6.45) is 6.97. The predicted octanol–water partition coefficient (Wildman–Crippen LogP) is 1.69. The van der Waals surface area contributed by atoms with Gasteiger partial charge in [0.1, 0.15) is 11.7 Å². The van der Waals surface area contributed by atoms with E-state index in [1.807, 2.05) is 6.07 Å². The Balaban J connectivity index is 2.04. The molecule has 28 heavy (non-hydrogen) atoms. The van der Waals surface area contributed by atoms with Gasteiger partial charge in [-0.15, -0.1) is 0 Å². The number of nitrogens with one attached hydrogen (secondary N) is 1. The molecule has 146 valence electrons. The van der Waals surface area contributed by atoms with Gasteiger partial charge >= 0.3 is 17.9 Å². The van der Waals surface area contributed by atoms with Crippen molar-refractivity contribution in [1.82, 2.24) is 0 Å². The highest BCUT2D eigenvalue weighted by molar-refractivity contribution is 6.05. The van der Waals surface area contributed by atoms with Crippen molar-refractivity contribution >= 4 is 29.3 Å². The maximum Gasteiger partial charge on any atom is 0.355 e. The summed E-state index contributed by atoms with van der Waals surface area (Å²) in [4.78, 5) is 38.0. The summed E-state index contributed by atoms with van der Waals surface area (Å²) in [7, 11) is 3.83. The van der Waals surface area contributed by atoms with E-state index in [1.54, 1.807) is 35.4 Å². The number of hydrogen-bond acceptors (Lipinski definition) is 8. The van der Waals surface area contributed by atoms with Crippen LogP contribution in [0.15, 0.2) is 53.9 Å². The van der Waals surface area contributed by atoms with Crippen molar-refractivity contribution < 1.29 is 28.6 Å². The van der Waals surface area contributed by atoms with Gasteiger partial charge in [-0.2, -0.15) is 0 Å². The first-order valence-corrected chi connectivity index (χ1v) is 8.52. The van der Waals surface area contributed by atoms with E-state index in [0.717, 1.165) is 11.3 Å². The Morgan fingerprint density at radius 1 is 1.04 bits per heavy atom. The second-order valence-corrected chi connectivity index (χ2v) is 6.08. The van der Waals surface area contributed by atoms with E-state index in [0.29, 0.717) is 12.1 Å². The molecular formula is C20H20N2O6. The number of fused-ring (bicyclic) bond motifs is 1. The van der Waals surface area contributed by atoms with Gasteiger partial charge in [0.05, 0.1) is 26.9 Å². The molecule has 0 radical (unpaired) electrons. The standard InChI is InChI=1S/C20H20N2O6/c1-26-18(23)14-6-4-5-9-22(17(14)20(25)28-3)13-8-7-12-10-16(19(24)27-2)21-15(12)11-13/h4-9,11,16,21H,10H2,1-3H3. The molecule has 0 saturated carbocycles. The third-order valence-corrected chi connectivity index (χ3v) is 4.50. The zero-order valence-electron chi connectivity index (χ0n) is 15.7. The third kappa shape index (κ3) is 3.48. The first-order valence-electron chi connectivity index (χ1n) is 8.52. The number of nitrogens with zero attached hydrogens (tertiary/aromatic N) is 1. The van der Waals surface area contributed by atoms with E-state index in [9.17, 15) is 14.4 Å². The zero-order valence-corrected chi connectivity index (χ0v) is 15.7. The molecule has 0 spiro atoms. The smallest absolute Gasteiger partial charge is 0.355 e. The molecule has 1 unspecified atom stereocenters. The molecule has 1 atom stereocenters. The second-order valence-electron chi connectivity index (χ2n) is 6.08. The molecule has 8 nitrogen and oxygen atoms in total. The van der Waals surface area contributed by atoms with Crippen LogP contribution in [0.4, 0.5) is 11.4 Å². The fraction of sp³-hybridized carbons (Fsp3) is 0.250. The number of rotatable bonds is 4. The van der Waals surface area contributed by atoms with Crippen molar-refractivity contribution in [3.63, 3.8) is 0 Å². The van der Waals surface area contributed by atoms with Crippen LogP contribution in [0, 0.1) is 0 Å². The molecule has 0 aromatic heterocycles. The highest BCUT2D eigenvalue weighted by atomic mass is 16.5. The Bertz CT molecular complexity index is 915. The van der Waals surface area contributed by atoms with Crippen molar-refractivity contribution in [2.24, 2.45) is 0 Å². The minimum atomic E-state index is -0.683. The first-order chi connectivity index (χ1) is 13.5. The molecule has 2 heterocycles. The number of anilines is 2. The molecule has 2 aliphatic rings. The predicted molar refractivity (Wildman–Crippen MR) is 101 cm³/mol. The van der Waals surface area contributed by atoms with Gasteiger partial charge in [-0.25, -0.2) is 14.4 Å². The topological polar surface area (TPSA) is 94.2 Å². The number of benzene rings is 1. The van der Waals surface area contributed by atoms with Crippen LogP contribution in [-0.4, -0.2) is 45.3 Å². The largest absolute Gasteiger partial charge is 0.467 e. The quantitative estimate of drug-likeness (QED) is 0.619. The molecule has 1 aromatic rings. The van der Waals surface area contributed by atoms with Crippen molar-refractivity contribution in [3.05, 3.63) is 59.5 Å². The van der Waals surface area contributed by atoms with E-state index in [2.05, 4.69) is 5.32 Å². The highest BCUT2D eigenvalue weighted by Crippen LogP contribution is 2.33. The first kappa shape index (κ1) is 19.2. The summed E-state index contributed by atoms with van der Waals surface area (Å²) >= 11 is 0. The number of hydrogen-bond donors (Lipinski definition) is 1. The number of ether oxygens (including phenoxy) is 3. The molecule has 0 saturated heterocycles. The molecule has 0 bridgehead atoms. The number of carbonyl (C=O) groups is 3. The molecule has 1 N–H and O–H groups in total. The van der Waals surface area contributed by atoms with E-state index in [-0.39, 0.29) is 17.2 Å². The van der Waals surface area contributed by atoms with Crippen LogP contribution in [0.2, 0.25) is 0 Å². The lowest BCUT2D eigenvalue weighted by Crippen LogP contribution is -2.28. The summed E-state index contributed by atoms with van der Waals surface area (Å²) in [5, 5.41) is 3.12. The van der Waals surface area contributed by atoms with Crippen LogP contribution in [0.1, 0.15) is 5.56 Å². The Morgan fingerprint density at radius 2 is 1.79 bits per heavy atom. The number of esters is 3. The van der Waals surface area contributed by atoms with E-state index < -0.39 is 18.0 Å². The lowest BCUT2D eigenvalue weighted by molar-refractivity contribution is -0.141. The van der Waals surface area contributed by atoms with Gasteiger partial charge in [0.15, 0.2) is 0 Å². The van der Waals surface area contributed by atoms with Gasteiger partial charge in [0.25, 0.3) is 0 Å². The Labute approximate surface area is 162 Å². The summed E-state index contributed by atoms with van der Waals surface area (Å²) in [5.74, 6) is -1.69. The second kappa shape index (κ2) is 7.99. The van der Waals surface area contributed by atoms with Crippen LogP contribution in [0.5, 0.6) is 0 Å². The van der Waals surface area contributed by atoms with Crippen molar-refractivity contribution in [3.8, 4) is 0 Å². The normalized spacial score (nSPS) is 17.5. The van der Waals surface area contributed by atoms with Gasteiger partial charge in [0, 0.05) is 24.0 Å². The van der Waals surface area contributed by atoms with Crippen molar-refractivity contribution in [2.75, 3.05) is 31.5 Å². The van der Waals surface area contributed by atoms with E-state index in [4.69, 9.17) is 14.2 Å². The van der Waals surface area contributed by atoms with Crippen molar-refractivity contribution in [1.29, 1.82) is 0 Å². The lowest BCUT2D eigenvalue weighted by atomic mass is 10.1. The van der Waals surface area contributed by atoms with Gasteiger partial charge in [0.2, 0.25) is 0 Å². The number of methoxy groups -OCH3 is 3. The lowest BCUT2D eigenvalue weighted by Gasteiger charge is -2.23. The summed E-state index contributed by atoms with van der Waals surface area (Å²) in [5.41, 5.74) is 2.41. The SMILES string of the molecule is COC(=O)C1=C(C(=O)OC)N(c2ccc3c(c2)NC(C(=O)OC)C3)C=CC=C1. The molecule has 0 fully saturated rings. The van der Waals surface area contributed by atoms with Crippen LogP contribution < -0.4 is 10.2 Å². The Hall–Kier alpha value is -3.55. The minimum absolute atomic E-state index is 0.0295. The maximum atomic E-state index is 12.5. The molecule has 1 aromatic carbocycles. The van der Waals surface area contributed by atoms with Crippen LogP contribution in [0.3, 0.4) is 0 Å². The van der Waals surface area contributed by atoms with E-state index >= 15 is 0 Å². The summed E-state index contributed by atoms with van der Waals surface area (Å²) in [6.45, 7) is 0. The fourth-order valence-electron chi connectivity index (χ4n) is 3.14. The highest BCUT2D eigenvalue weighted by Gasteiger charge is 2.30. The summed E-state index contributed by atoms with van der Waals surface area (Å²) in [6, 6.07) is 5.00. The van der Waals surface area contributed by atoms with Gasteiger partial charge < -0.3 is 24.4 Å². The Kier molecular flexibility index (Phi) is 5.49. The van der Waals surface area contributed by atoms with Gasteiger partial charge in [-0.3, -0.25) is 0 Å². The van der Waals surface area contributed by atoms with Crippen molar-refractivity contribution in [2.45, 2.75) is 12.5 Å². The van der Waals surface area contributed by atoms with E-state index in [1.165, 1.54) is 27.4 Å². The molecule has 0 aliphatic carbocycles. The Morgan fingerprint density at radius 3 is 2.46 bits per heavy atom. The average Bonchev–Trinajstić information content (AvgIpc) is 3.02. The number of allylic oxidation sites excluding steroid dienone is 2. The molecular weight excluding hydrogens is 364 g/mol. The average molecular weight is 384 g/mol. The van der Waals surface area contributed by atoms with Crippen LogP contribution >= 0.6 is 0 Å². The third-order valence-electron chi connectivity index (χ3n) is 4.50. The molecule has 2 aliphatic heterocycles. The monoisotopic (exact) mass is 384 g/mol. The summed E-state index contributed by atoms with van der Waals surface area (Å²) < 4.78 is 14.5. The number of carbonyl (C=O) groups excluding carboxylic acids is 3.